The fourth-order valence-electron chi connectivity index (χ4n) is 1.97. The lowest BCUT2D eigenvalue weighted by molar-refractivity contribution is 0.538. The average molecular weight is 315 g/mol. The summed E-state index contributed by atoms with van der Waals surface area (Å²) < 4.78 is 0. The molecule has 0 aliphatic rings. The summed E-state index contributed by atoms with van der Waals surface area (Å²) in [6.45, 7) is 5.03. The van der Waals surface area contributed by atoms with Crippen molar-refractivity contribution < 1.29 is 0 Å². The molecular formula is C14H16Cl2N2S. The summed E-state index contributed by atoms with van der Waals surface area (Å²) in [4.78, 5) is 4.56. The van der Waals surface area contributed by atoms with Crippen LogP contribution in [0.5, 0.6) is 0 Å². The highest BCUT2D eigenvalue weighted by Gasteiger charge is 2.14. The number of thiazole rings is 1. The first-order chi connectivity index (χ1) is 9.10. The van der Waals surface area contributed by atoms with Gasteiger partial charge in [0.05, 0.1) is 26.8 Å². The van der Waals surface area contributed by atoms with Crippen molar-refractivity contribution in [1.29, 1.82) is 0 Å². The van der Waals surface area contributed by atoms with Crippen LogP contribution in [0.4, 0.5) is 0 Å². The molecular weight excluding hydrogens is 299 g/mol. The molecule has 0 saturated heterocycles. The fourth-order valence-corrected chi connectivity index (χ4v) is 2.96. The van der Waals surface area contributed by atoms with Gasteiger partial charge in [0.2, 0.25) is 0 Å². The lowest BCUT2D eigenvalue weighted by Crippen LogP contribution is -2.23. The Morgan fingerprint density at radius 1 is 1.32 bits per heavy atom. The summed E-state index contributed by atoms with van der Waals surface area (Å²) >= 11 is 13.7. The monoisotopic (exact) mass is 314 g/mol. The Morgan fingerprint density at radius 3 is 2.68 bits per heavy atom. The van der Waals surface area contributed by atoms with Gasteiger partial charge in [-0.25, -0.2) is 4.98 Å². The number of aryl methyl sites for hydroxylation is 1. The number of aromatic nitrogens is 1. The molecule has 1 aromatic heterocycles. The zero-order chi connectivity index (χ0) is 13.8. The number of likely N-dealkylation sites (N-methyl/N-ethyl adjacent to an activating group) is 1. The SMILES string of the molecule is CCNC(Cc1ccc(Cl)c(Cl)c1)c1csc(C)n1. The number of nitrogens with zero attached hydrogens (tertiary/aromatic N) is 1. The number of halogens is 2. The van der Waals surface area contributed by atoms with E-state index in [1.54, 1.807) is 11.3 Å². The van der Waals surface area contributed by atoms with Gasteiger partial charge >= 0.3 is 0 Å². The van der Waals surface area contributed by atoms with Gasteiger partial charge in [0.25, 0.3) is 0 Å². The van der Waals surface area contributed by atoms with Gasteiger partial charge in [-0.3, -0.25) is 0 Å². The van der Waals surface area contributed by atoms with Crippen LogP contribution in [0.1, 0.15) is 29.2 Å². The number of rotatable bonds is 5. The van der Waals surface area contributed by atoms with E-state index < -0.39 is 0 Å². The molecule has 1 N–H and O–H groups in total. The lowest BCUT2D eigenvalue weighted by Gasteiger charge is -2.16. The average Bonchev–Trinajstić information content (AvgIpc) is 2.80. The summed E-state index contributed by atoms with van der Waals surface area (Å²) in [5.41, 5.74) is 2.25. The first kappa shape index (κ1) is 14.8. The second-order valence-corrected chi connectivity index (χ2v) is 6.23. The molecule has 0 aliphatic heterocycles. The summed E-state index contributed by atoms with van der Waals surface area (Å²) in [6.07, 6.45) is 0.855. The van der Waals surface area contributed by atoms with Crippen LogP contribution in [-0.4, -0.2) is 11.5 Å². The van der Waals surface area contributed by atoms with Crippen LogP contribution >= 0.6 is 34.5 Å². The molecule has 2 rings (SSSR count). The number of nitrogens with one attached hydrogen (secondary N) is 1. The third-order valence-electron chi connectivity index (χ3n) is 2.87. The molecule has 0 spiro atoms. The van der Waals surface area contributed by atoms with E-state index in [1.165, 1.54) is 0 Å². The maximum Gasteiger partial charge on any atom is 0.0898 e. The predicted octanol–water partition coefficient (Wildman–Crippen LogP) is 4.65. The quantitative estimate of drug-likeness (QED) is 0.868. The minimum Gasteiger partial charge on any atom is -0.309 e. The van der Waals surface area contributed by atoms with E-state index in [1.807, 2.05) is 25.1 Å². The van der Waals surface area contributed by atoms with Gasteiger partial charge in [0, 0.05) is 5.38 Å². The Balaban J connectivity index is 2.18. The van der Waals surface area contributed by atoms with Crippen molar-refractivity contribution >= 4 is 34.5 Å². The fraction of sp³-hybridized carbons (Fsp3) is 0.357. The van der Waals surface area contributed by atoms with Crippen molar-refractivity contribution in [2.45, 2.75) is 26.3 Å². The second kappa shape index (κ2) is 6.71. The molecule has 2 aromatic rings. The molecule has 102 valence electrons. The minimum absolute atomic E-state index is 0.215. The van der Waals surface area contributed by atoms with Gasteiger partial charge in [-0.15, -0.1) is 11.3 Å². The molecule has 0 aliphatic carbocycles. The van der Waals surface area contributed by atoms with Gasteiger partial charge in [-0.05, 0) is 37.6 Å². The van der Waals surface area contributed by atoms with Crippen molar-refractivity contribution in [3.63, 3.8) is 0 Å². The first-order valence-electron chi connectivity index (χ1n) is 6.19. The van der Waals surface area contributed by atoms with E-state index >= 15 is 0 Å². The smallest absolute Gasteiger partial charge is 0.0898 e. The zero-order valence-electron chi connectivity index (χ0n) is 10.9. The number of benzene rings is 1. The maximum atomic E-state index is 6.06. The van der Waals surface area contributed by atoms with Crippen LogP contribution in [0, 0.1) is 6.92 Å². The van der Waals surface area contributed by atoms with Gasteiger partial charge in [-0.1, -0.05) is 36.2 Å². The molecule has 1 heterocycles. The highest BCUT2D eigenvalue weighted by Crippen LogP contribution is 2.26. The van der Waals surface area contributed by atoms with Crippen LogP contribution in [-0.2, 0) is 6.42 Å². The van der Waals surface area contributed by atoms with Crippen LogP contribution < -0.4 is 5.32 Å². The van der Waals surface area contributed by atoms with E-state index in [4.69, 9.17) is 23.2 Å². The van der Waals surface area contributed by atoms with E-state index in [0.717, 1.165) is 29.2 Å². The highest BCUT2D eigenvalue weighted by molar-refractivity contribution is 7.09. The predicted molar refractivity (Wildman–Crippen MR) is 83.4 cm³/mol. The normalized spacial score (nSPS) is 12.6. The molecule has 1 unspecified atom stereocenters. The van der Waals surface area contributed by atoms with E-state index in [-0.39, 0.29) is 6.04 Å². The van der Waals surface area contributed by atoms with Crippen LogP contribution in [0.3, 0.4) is 0 Å². The van der Waals surface area contributed by atoms with Crippen LogP contribution in [0.2, 0.25) is 10.0 Å². The largest absolute Gasteiger partial charge is 0.309 e. The topological polar surface area (TPSA) is 24.9 Å². The van der Waals surface area contributed by atoms with Crippen molar-refractivity contribution in [3.8, 4) is 0 Å². The Hall–Kier alpha value is -0.610. The van der Waals surface area contributed by atoms with Gasteiger partial charge in [0.1, 0.15) is 0 Å². The van der Waals surface area contributed by atoms with Crippen molar-refractivity contribution in [2.75, 3.05) is 6.54 Å². The lowest BCUT2D eigenvalue weighted by atomic mass is 10.0. The summed E-state index contributed by atoms with van der Waals surface area (Å²) in [6, 6.07) is 5.99. The Kier molecular flexibility index (Phi) is 5.22. The Bertz CT molecular complexity index is 554. The molecule has 2 nitrogen and oxygen atoms in total. The van der Waals surface area contributed by atoms with Crippen molar-refractivity contribution in [2.24, 2.45) is 0 Å². The van der Waals surface area contributed by atoms with Crippen LogP contribution in [0.15, 0.2) is 23.6 Å². The van der Waals surface area contributed by atoms with Crippen molar-refractivity contribution in [3.05, 3.63) is 49.9 Å². The van der Waals surface area contributed by atoms with Crippen LogP contribution in [0.25, 0.3) is 0 Å². The molecule has 5 heteroatoms. The highest BCUT2D eigenvalue weighted by atomic mass is 35.5. The standard InChI is InChI=1S/C14H16Cl2N2S/c1-3-17-13(14-8-19-9(2)18-14)7-10-4-5-11(15)12(16)6-10/h4-6,8,13,17H,3,7H2,1-2H3. The molecule has 19 heavy (non-hydrogen) atoms. The number of hydrogen-bond acceptors (Lipinski definition) is 3. The first-order valence-corrected chi connectivity index (χ1v) is 7.83. The second-order valence-electron chi connectivity index (χ2n) is 4.35. The summed E-state index contributed by atoms with van der Waals surface area (Å²) in [5.74, 6) is 0. The Labute approximate surface area is 127 Å². The zero-order valence-corrected chi connectivity index (χ0v) is 13.2. The van der Waals surface area contributed by atoms with E-state index in [0.29, 0.717) is 10.0 Å². The van der Waals surface area contributed by atoms with Gasteiger partial charge < -0.3 is 5.32 Å². The van der Waals surface area contributed by atoms with Crippen molar-refractivity contribution in [1.82, 2.24) is 10.3 Å². The molecule has 0 fully saturated rings. The minimum atomic E-state index is 0.215. The molecule has 0 radical (unpaired) electrons. The summed E-state index contributed by atoms with van der Waals surface area (Å²) in [7, 11) is 0. The third-order valence-corrected chi connectivity index (χ3v) is 4.40. The van der Waals surface area contributed by atoms with E-state index in [2.05, 4.69) is 22.6 Å². The van der Waals surface area contributed by atoms with Gasteiger partial charge in [-0.2, -0.15) is 0 Å². The van der Waals surface area contributed by atoms with E-state index in [9.17, 15) is 0 Å². The molecule has 0 amide bonds. The molecule has 0 bridgehead atoms. The summed E-state index contributed by atoms with van der Waals surface area (Å²) in [5, 5.41) is 7.86. The van der Waals surface area contributed by atoms with Gasteiger partial charge in [0.15, 0.2) is 0 Å². The number of hydrogen-bond donors (Lipinski definition) is 1. The Morgan fingerprint density at radius 2 is 2.11 bits per heavy atom. The molecule has 1 aromatic carbocycles. The molecule has 0 saturated carbocycles. The molecule has 1 atom stereocenters. The third kappa shape index (κ3) is 3.93. The maximum absolute atomic E-state index is 6.06.